The molecule has 0 bridgehead atoms. The molecule has 0 radical (unpaired) electrons. The van der Waals surface area contributed by atoms with Crippen molar-refractivity contribution >= 4 is 11.6 Å². The van der Waals surface area contributed by atoms with Crippen LogP contribution in [0, 0.1) is 0 Å². The van der Waals surface area contributed by atoms with Crippen molar-refractivity contribution in [2.24, 2.45) is 0 Å². The molecule has 0 saturated heterocycles. The van der Waals surface area contributed by atoms with Crippen molar-refractivity contribution in [2.45, 2.75) is 32.2 Å². The molecular weight excluding hydrogens is 312 g/mol. The second-order valence-corrected chi connectivity index (χ2v) is 6.01. The maximum atomic E-state index is 11.9. The van der Waals surface area contributed by atoms with E-state index in [0.29, 0.717) is 6.42 Å². The summed E-state index contributed by atoms with van der Waals surface area (Å²) in [4.78, 5) is 11.9. The summed E-state index contributed by atoms with van der Waals surface area (Å²) in [6.07, 6.45) is 5.11. The number of nitrogens with zero attached hydrogens (tertiary/aromatic N) is 3. The molecule has 1 N–H and O–H groups in total. The van der Waals surface area contributed by atoms with E-state index in [9.17, 15) is 4.79 Å². The lowest BCUT2D eigenvalue weighted by molar-refractivity contribution is -0.116. The van der Waals surface area contributed by atoms with Crippen molar-refractivity contribution in [1.29, 1.82) is 0 Å². The van der Waals surface area contributed by atoms with Crippen molar-refractivity contribution in [3.63, 3.8) is 0 Å². The maximum absolute atomic E-state index is 11.9. The van der Waals surface area contributed by atoms with Crippen LogP contribution in [-0.2, 0) is 17.8 Å². The van der Waals surface area contributed by atoms with Gasteiger partial charge in [0, 0.05) is 18.3 Å². The minimum absolute atomic E-state index is 0.0546. The molecule has 3 rings (SSSR count). The van der Waals surface area contributed by atoms with Crippen LogP contribution in [-0.4, -0.2) is 20.9 Å². The molecule has 0 unspecified atom stereocenters. The summed E-state index contributed by atoms with van der Waals surface area (Å²) in [5, 5.41) is 11.3. The number of aromatic nitrogens is 3. The van der Waals surface area contributed by atoms with Gasteiger partial charge in [-0.15, -0.1) is 5.10 Å². The van der Waals surface area contributed by atoms with Crippen molar-refractivity contribution in [3.8, 4) is 0 Å². The van der Waals surface area contributed by atoms with Crippen LogP contribution in [0.1, 0.15) is 30.5 Å². The number of hydrogen-bond donors (Lipinski definition) is 1. The van der Waals surface area contributed by atoms with E-state index in [1.54, 1.807) is 0 Å². The van der Waals surface area contributed by atoms with Gasteiger partial charge in [0.1, 0.15) is 0 Å². The Balaban J connectivity index is 1.37. The normalized spacial score (nSPS) is 10.6. The van der Waals surface area contributed by atoms with Gasteiger partial charge in [0.15, 0.2) is 0 Å². The Hall–Kier alpha value is -2.95. The van der Waals surface area contributed by atoms with Crippen molar-refractivity contribution in [1.82, 2.24) is 15.0 Å². The van der Waals surface area contributed by atoms with Crippen molar-refractivity contribution < 1.29 is 4.79 Å². The van der Waals surface area contributed by atoms with Crippen molar-refractivity contribution in [2.75, 3.05) is 5.32 Å². The number of hydrogen-bond acceptors (Lipinski definition) is 3. The Morgan fingerprint density at radius 2 is 1.68 bits per heavy atom. The summed E-state index contributed by atoms with van der Waals surface area (Å²) in [6.45, 7) is 0.729. The lowest BCUT2D eigenvalue weighted by Gasteiger charge is -2.04. The zero-order valence-electron chi connectivity index (χ0n) is 14.1. The highest BCUT2D eigenvalue weighted by molar-refractivity contribution is 5.90. The Bertz CT molecular complexity index is 784. The second kappa shape index (κ2) is 8.78. The van der Waals surface area contributed by atoms with Gasteiger partial charge in [0.05, 0.1) is 12.2 Å². The lowest BCUT2D eigenvalue weighted by Crippen LogP contribution is -2.10. The van der Waals surface area contributed by atoms with E-state index in [2.05, 4.69) is 27.8 Å². The minimum atomic E-state index is 0.0546. The molecule has 1 aromatic heterocycles. The van der Waals surface area contributed by atoms with E-state index in [1.165, 1.54) is 5.56 Å². The number of anilines is 1. The van der Waals surface area contributed by atoms with Gasteiger partial charge in [-0.05, 0) is 37.0 Å². The first-order valence-corrected chi connectivity index (χ1v) is 8.57. The average Bonchev–Trinajstić information content (AvgIpc) is 3.08. The molecule has 128 valence electrons. The predicted molar refractivity (Wildman–Crippen MR) is 98.2 cm³/mol. The molecule has 0 atom stereocenters. The number of aryl methyl sites for hydroxylation is 1. The molecule has 5 heteroatoms. The molecule has 0 aliphatic heterocycles. The molecule has 25 heavy (non-hydrogen) atoms. The molecular formula is C20H22N4O. The summed E-state index contributed by atoms with van der Waals surface area (Å²) in [7, 11) is 0. The number of rotatable bonds is 8. The van der Waals surface area contributed by atoms with E-state index in [1.807, 2.05) is 59.4 Å². The van der Waals surface area contributed by atoms with Gasteiger partial charge in [0.2, 0.25) is 5.91 Å². The Morgan fingerprint density at radius 1 is 0.960 bits per heavy atom. The van der Waals surface area contributed by atoms with Crippen LogP contribution in [0.15, 0.2) is 66.9 Å². The molecule has 2 aromatic carbocycles. The van der Waals surface area contributed by atoms with E-state index >= 15 is 0 Å². The molecule has 0 aliphatic carbocycles. The predicted octanol–water partition coefficient (Wildman–Crippen LogP) is 3.68. The first kappa shape index (κ1) is 16.9. The molecule has 3 aromatic rings. The summed E-state index contributed by atoms with van der Waals surface area (Å²) in [6, 6.07) is 19.7. The van der Waals surface area contributed by atoms with Gasteiger partial charge >= 0.3 is 0 Å². The highest BCUT2D eigenvalue weighted by Crippen LogP contribution is 2.09. The smallest absolute Gasteiger partial charge is 0.224 e. The monoisotopic (exact) mass is 334 g/mol. The summed E-state index contributed by atoms with van der Waals surface area (Å²) < 4.78 is 1.85. The van der Waals surface area contributed by atoms with E-state index < -0.39 is 0 Å². The fourth-order valence-electron chi connectivity index (χ4n) is 2.64. The molecule has 1 amide bonds. The van der Waals surface area contributed by atoms with Crippen LogP contribution < -0.4 is 5.32 Å². The van der Waals surface area contributed by atoms with Gasteiger partial charge in [-0.2, -0.15) is 0 Å². The number of nitrogens with one attached hydrogen (secondary N) is 1. The Labute approximate surface area is 147 Å². The number of carbonyl (C=O) groups is 1. The van der Waals surface area contributed by atoms with E-state index in [-0.39, 0.29) is 5.91 Å². The third kappa shape index (κ3) is 5.57. The first-order chi connectivity index (χ1) is 12.3. The third-order valence-electron chi connectivity index (χ3n) is 3.92. The van der Waals surface area contributed by atoms with E-state index in [4.69, 9.17) is 0 Å². The van der Waals surface area contributed by atoms with Gasteiger partial charge in [-0.1, -0.05) is 53.7 Å². The van der Waals surface area contributed by atoms with Gasteiger partial charge in [0.25, 0.3) is 0 Å². The quantitative estimate of drug-likeness (QED) is 0.639. The Kier molecular flexibility index (Phi) is 5.93. The maximum Gasteiger partial charge on any atom is 0.224 e. The molecule has 5 nitrogen and oxygen atoms in total. The van der Waals surface area contributed by atoms with Gasteiger partial charge < -0.3 is 5.32 Å². The fraction of sp³-hybridized carbons (Fsp3) is 0.250. The summed E-state index contributed by atoms with van der Waals surface area (Å²) in [5.74, 6) is 0.0546. The Morgan fingerprint density at radius 3 is 2.44 bits per heavy atom. The zero-order valence-corrected chi connectivity index (χ0v) is 14.1. The van der Waals surface area contributed by atoms with Crippen molar-refractivity contribution in [3.05, 3.63) is 78.1 Å². The molecule has 0 fully saturated rings. The first-order valence-electron chi connectivity index (χ1n) is 8.57. The third-order valence-corrected chi connectivity index (χ3v) is 3.92. The topological polar surface area (TPSA) is 59.8 Å². The summed E-state index contributed by atoms with van der Waals surface area (Å²) in [5.41, 5.74) is 3.02. The van der Waals surface area contributed by atoms with Crippen LogP contribution in [0.5, 0.6) is 0 Å². The van der Waals surface area contributed by atoms with Gasteiger partial charge in [-0.3, -0.25) is 4.79 Å². The number of carbonyl (C=O) groups excluding carboxylic acids is 1. The highest BCUT2D eigenvalue weighted by atomic mass is 16.1. The second-order valence-electron chi connectivity index (χ2n) is 6.01. The minimum Gasteiger partial charge on any atom is -0.326 e. The highest BCUT2D eigenvalue weighted by Gasteiger charge is 2.04. The van der Waals surface area contributed by atoms with Crippen LogP contribution in [0.3, 0.4) is 0 Å². The average molecular weight is 334 g/mol. The van der Waals surface area contributed by atoms with Crippen LogP contribution >= 0.6 is 0 Å². The zero-order chi connectivity index (χ0) is 17.3. The van der Waals surface area contributed by atoms with Gasteiger partial charge in [-0.25, -0.2) is 4.68 Å². The van der Waals surface area contributed by atoms with Crippen LogP contribution in [0.2, 0.25) is 0 Å². The number of unbranched alkanes of at least 4 members (excludes halogenated alkanes) is 1. The molecule has 0 aliphatic rings. The molecule has 0 saturated carbocycles. The number of benzene rings is 2. The standard InChI is InChI=1S/C20H22N4O/c25-20(21-18-11-5-2-6-12-18)14-8-7-13-19-16-24(23-22-19)15-17-9-3-1-4-10-17/h1-6,9-12,16H,7-8,13-15H2,(H,21,25). The van der Waals surface area contributed by atoms with Crippen LogP contribution in [0.4, 0.5) is 5.69 Å². The summed E-state index contributed by atoms with van der Waals surface area (Å²) >= 11 is 0. The fourth-order valence-corrected chi connectivity index (χ4v) is 2.64. The molecule has 0 spiro atoms. The SMILES string of the molecule is O=C(CCCCc1cn(Cc2ccccc2)nn1)Nc1ccccc1. The van der Waals surface area contributed by atoms with E-state index in [0.717, 1.165) is 37.2 Å². The van der Waals surface area contributed by atoms with Crippen LogP contribution in [0.25, 0.3) is 0 Å². The number of para-hydroxylation sites is 1. The largest absolute Gasteiger partial charge is 0.326 e. The lowest BCUT2D eigenvalue weighted by atomic mass is 10.1. The molecule has 1 heterocycles. The number of amides is 1.